The summed E-state index contributed by atoms with van der Waals surface area (Å²) in [4.78, 5) is 0. The van der Waals surface area contributed by atoms with Gasteiger partial charge in [0.25, 0.3) is 0 Å². The highest BCUT2D eigenvalue weighted by Crippen LogP contribution is 2.37. The molecule has 0 fully saturated rings. The molecular weight excluding hydrogens is 168 g/mol. The average molecular weight is 176 g/mol. The Balaban J connectivity index is 3.87. The highest BCUT2D eigenvalue weighted by Gasteiger charge is 2.41. The molecule has 5 heteroatoms. The van der Waals surface area contributed by atoms with Crippen molar-refractivity contribution in [3.8, 4) is 0 Å². The molecule has 0 N–H and O–H groups in total. The lowest BCUT2D eigenvalue weighted by Crippen LogP contribution is -2.23. The second-order valence-electron chi connectivity index (χ2n) is 2.03. The summed E-state index contributed by atoms with van der Waals surface area (Å²) in [5, 5.41) is -4.38. The molecule has 0 heterocycles. The second-order valence-corrected chi connectivity index (χ2v) is 3.75. The van der Waals surface area contributed by atoms with E-state index in [1.807, 2.05) is 0 Å². The Morgan fingerprint density at radius 1 is 1.20 bits per heavy atom. The van der Waals surface area contributed by atoms with Gasteiger partial charge in [0.15, 0.2) is 0 Å². The first-order valence-corrected chi connectivity index (χ1v) is 3.58. The molecule has 62 valence electrons. The lowest BCUT2D eigenvalue weighted by molar-refractivity contribution is -0.0566. The smallest absolute Gasteiger partial charge is 0.202 e. The van der Waals surface area contributed by atoms with Crippen molar-refractivity contribution < 1.29 is 17.6 Å². The van der Waals surface area contributed by atoms with Gasteiger partial charge < -0.3 is 0 Å². The molecule has 10 heavy (non-hydrogen) atoms. The van der Waals surface area contributed by atoms with Crippen LogP contribution in [0.15, 0.2) is 0 Å². The lowest BCUT2D eigenvalue weighted by atomic mass is 10.6. The van der Waals surface area contributed by atoms with E-state index >= 15 is 0 Å². The molecule has 0 aromatic rings. The number of rotatable bonds is 3. The van der Waals surface area contributed by atoms with Gasteiger partial charge in [0.2, 0.25) is 0 Å². The van der Waals surface area contributed by atoms with Gasteiger partial charge in [-0.1, -0.05) is 25.6 Å². The van der Waals surface area contributed by atoms with Crippen LogP contribution in [-0.2, 0) is 0 Å². The van der Waals surface area contributed by atoms with E-state index in [0.29, 0.717) is 0 Å². The van der Waals surface area contributed by atoms with Gasteiger partial charge in [-0.25, -0.2) is 8.78 Å². The van der Waals surface area contributed by atoms with E-state index in [4.69, 9.17) is 0 Å². The molecular formula is C5H8F4S. The van der Waals surface area contributed by atoms with Crippen LogP contribution in [0.2, 0.25) is 0 Å². The number of hydrogen-bond donors (Lipinski definition) is 0. The van der Waals surface area contributed by atoms with Gasteiger partial charge in [-0.2, -0.15) is 8.78 Å². The Morgan fingerprint density at radius 3 is 1.70 bits per heavy atom. The Morgan fingerprint density at radius 2 is 1.60 bits per heavy atom. The fraction of sp³-hybridized carbons (Fsp3) is 1.00. The fourth-order valence-corrected chi connectivity index (χ4v) is 1.10. The summed E-state index contributed by atoms with van der Waals surface area (Å²) in [6.45, 7) is 2.89. The number of alkyl halides is 4. The normalized spacial score (nSPS) is 13.2. The highest BCUT2D eigenvalue weighted by atomic mass is 32.2. The summed E-state index contributed by atoms with van der Waals surface area (Å²) in [5.41, 5.74) is 0. The molecule has 0 saturated heterocycles. The average Bonchev–Trinajstić information content (AvgIpc) is 1.60. The lowest BCUT2D eigenvalue weighted by Gasteiger charge is -2.15. The third-order valence-corrected chi connectivity index (χ3v) is 1.61. The number of halogens is 4. The molecule has 0 aliphatic carbocycles. The maximum absolute atomic E-state index is 12.0. The molecule has 0 rings (SSSR count). The molecule has 0 aliphatic heterocycles. The summed E-state index contributed by atoms with van der Waals surface area (Å²) in [6, 6.07) is 0. The van der Waals surface area contributed by atoms with Gasteiger partial charge in [0.1, 0.15) is 0 Å². The van der Waals surface area contributed by atoms with Gasteiger partial charge >= 0.3 is 11.7 Å². The molecule has 0 amide bonds. The van der Waals surface area contributed by atoms with Gasteiger partial charge in [-0.15, -0.1) is 0 Å². The van der Waals surface area contributed by atoms with Crippen LogP contribution in [0.5, 0.6) is 0 Å². The van der Waals surface area contributed by atoms with Crippen LogP contribution in [0.3, 0.4) is 0 Å². The summed E-state index contributed by atoms with van der Waals surface area (Å²) >= 11 is -0.0185. The van der Waals surface area contributed by atoms with Crippen LogP contribution in [0.25, 0.3) is 0 Å². The highest BCUT2D eigenvalue weighted by molar-refractivity contribution is 8.00. The van der Waals surface area contributed by atoms with E-state index in [1.54, 1.807) is 0 Å². The minimum absolute atomic E-state index is 0.0185. The van der Waals surface area contributed by atoms with Crippen LogP contribution in [0, 0.1) is 0 Å². The van der Waals surface area contributed by atoms with Crippen molar-refractivity contribution in [2.24, 2.45) is 0 Å². The minimum atomic E-state index is -3.89. The molecule has 0 nitrogen and oxygen atoms in total. The van der Waals surface area contributed by atoms with Crippen molar-refractivity contribution in [3.63, 3.8) is 0 Å². The zero-order chi connectivity index (χ0) is 8.36. The van der Waals surface area contributed by atoms with E-state index in [0.717, 1.165) is 0 Å². The fourth-order valence-electron chi connectivity index (χ4n) is 0.366. The molecule has 0 saturated carbocycles. The molecule has 0 aliphatic rings. The molecule has 0 radical (unpaired) electrons. The molecule has 0 bridgehead atoms. The first-order valence-electron chi connectivity index (χ1n) is 2.70. The molecule has 0 spiro atoms. The standard InChI is InChI=1S/C5H8F4S/c1-3(2)10-5(8,9)4(6)7/h3-4H,1-2H3. The van der Waals surface area contributed by atoms with Crippen LogP contribution < -0.4 is 0 Å². The van der Waals surface area contributed by atoms with E-state index in [9.17, 15) is 17.6 Å². The van der Waals surface area contributed by atoms with E-state index in [2.05, 4.69) is 0 Å². The minimum Gasteiger partial charge on any atom is -0.202 e. The van der Waals surface area contributed by atoms with Crippen molar-refractivity contribution in [1.82, 2.24) is 0 Å². The summed E-state index contributed by atoms with van der Waals surface area (Å²) in [6.07, 6.45) is -3.57. The molecule has 0 aromatic heterocycles. The summed E-state index contributed by atoms with van der Waals surface area (Å²) in [5.74, 6) is 0. The number of thioether (sulfide) groups is 1. The summed E-state index contributed by atoms with van der Waals surface area (Å²) in [7, 11) is 0. The van der Waals surface area contributed by atoms with Crippen LogP contribution in [-0.4, -0.2) is 16.9 Å². The van der Waals surface area contributed by atoms with Gasteiger partial charge in [0, 0.05) is 5.25 Å². The molecule has 0 atom stereocenters. The van der Waals surface area contributed by atoms with Crippen molar-refractivity contribution in [1.29, 1.82) is 0 Å². The predicted octanol–water partition coefficient (Wildman–Crippen LogP) is 2.99. The monoisotopic (exact) mass is 176 g/mol. The zero-order valence-corrected chi connectivity index (χ0v) is 6.39. The first-order chi connectivity index (χ1) is 4.36. The van der Waals surface area contributed by atoms with E-state index < -0.39 is 16.9 Å². The van der Waals surface area contributed by atoms with Crippen molar-refractivity contribution in [3.05, 3.63) is 0 Å². The van der Waals surface area contributed by atoms with Gasteiger partial charge in [-0.3, -0.25) is 0 Å². The zero-order valence-electron chi connectivity index (χ0n) is 5.57. The molecule has 0 aromatic carbocycles. The second kappa shape index (κ2) is 3.46. The van der Waals surface area contributed by atoms with Gasteiger partial charge in [0.05, 0.1) is 0 Å². The Kier molecular flexibility index (Phi) is 3.48. The Labute approximate surface area is 61.0 Å². The molecule has 0 unspecified atom stereocenters. The first kappa shape index (κ1) is 10.1. The third kappa shape index (κ3) is 3.29. The van der Waals surface area contributed by atoms with Gasteiger partial charge in [-0.05, 0) is 0 Å². The van der Waals surface area contributed by atoms with E-state index in [1.165, 1.54) is 13.8 Å². The SMILES string of the molecule is CC(C)SC(F)(F)C(F)F. The maximum Gasteiger partial charge on any atom is 0.353 e. The van der Waals surface area contributed by atoms with Crippen LogP contribution in [0.4, 0.5) is 17.6 Å². The van der Waals surface area contributed by atoms with Crippen molar-refractivity contribution in [2.75, 3.05) is 0 Å². The van der Waals surface area contributed by atoms with Crippen LogP contribution in [0.1, 0.15) is 13.8 Å². The topological polar surface area (TPSA) is 0 Å². The quantitative estimate of drug-likeness (QED) is 0.595. The predicted molar refractivity (Wildman–Crippen MR) is 33.7 cm³/mol. The maximum atomic E-state index is 12.0. The number of hydrogen-bond acceptors (Lipinski definition) is 1. The largest absolute Gasteiger partial charge is 0.353 e. The Bertz CT molecular complexity index is 102. The summed E-state index contributed by atoms with van der Waals surface area (Å²) < 4.78 is 46.8. The van der Waals surface area contributed by atoms with Crippen molar-refractivity contribution >= 4 is 11.8 Å². The third-order valence-electron chi connectivity index (χ3n) is 0.647. The van der Waals surface area contributed by atoms with Crippen LogP contribution >= 0.6 is 11.8 Å². The Hall–Kier alpha value is 0.0700. The van der Waals surface area contributed by atoms with Crippen molar-refractivity contribution in [2.45, 2.75) is 30.8 Å². The van der Waals surface area contributed by atoms with E-state index in [-0.39, 0.29) is 11.8 Å².